The zero-order valence-electron chi connectivity index (χ0n) is 12.2. The first-order valence-electron chi connectivity index (χ1n) is 6.55. The second kappa shape index (κ2) is 8.54. The average Bonchev–Trinajstić information content (AvgIpc) is 2.32. The third kappa shape index (κ3) is 4.85. The fourth-order valence-electron chi connectivity index (χ4n) is 2.75. The molecule has 6 heteroatoms. The molecule has 0 amide bonds. The Morgan fingerprint density at radius 1 is 1.25 bits per heavy atom. The molecule has 0 bridgehead atoms. The third-order valence-corrected chi connectivity index (χ3v) is 4.08. The van der Waals surface area contributed by atoms with Crippen molar-refractivity contribution >= 4 is 40.7 Å². The standard InChI is InChI=1S/C14H22BrN3.2ClH/c1-14(2,3)12(18-9-7-16-8-10-18)11-5-4-6-17-13(11)15;;/h4-6,12,16H,7-10H2,1-3H3;2*1H/t12-;;/m1../s1. The maximum Gasteiger partial charge on any atom is 0.110 e. The van der Waals surface area contributed by atoms with Gasteiger partial charge in [-0.25, -0.2) is 4.98 Å². The summed E-state index contributed by atoms with van der Waals surface area (Å²) in [6, 6.07) is 4.62. The van der Waals surface area contributed by atoms with Crippen molar-refractivity contribution in [1.29, 1.82) is 0 Å². The van der Waals surface area contributed by atoms with Gasteiger partial charge < -0.3 is 5.32 Å². The van der Waals surface area contributed by atoms with Gasteiger partial charge in [0.1, 0.15) is 4.60 Å². The van der Waals surface area contributed by atoms with E-state index in [1.54, 1.807) is 0 Å². The summed E-state index contributed by atoms with van der Waals surface area (Å²) in [6.07, 6.45) is 1.84. The summed E-state index contributed by atoms with van der Waals surface area (Å²) >= 11 is 3.60. The number of piperazine rings is 1. The maximum atomic E-state index is 4.38. The van der Waals surface area contributed by atoms with Gasteiger partial charge in [0.05, 0.1) is 0 Å². The Balaban J connectivity index is 0.00000180. The van der Waals surface area contributed by atoms with Crippen LogP contribution < -0.4 is 5.32 Å². The van der Waals surface area contributed by atoms with Gasteiger partial charge in [0.2, 0.25) is 0 Å². The monoisotopic (exact) mass is 383 g/mol. The van der Waals surface area contributed by atoms with E-state index in [0.717, 1.165) is 30.8 Å². The summed E-state index contributed by atoms with van der Waals surface area (Å²) in [5, 5.41) is 3.42. The van der Waals surface area contributed by atoms with E-state index in [9.17, 15) is 0 Å². The second-order valence-electron chi connectivity index (χ2n) is 5.94. The van der Waals surface area contributed by atoms with Crippen molar-refractivity contribution < 1.29 is 0 Å². The van der Waals surface area contributed by atoms with Crippen molar-refractivity contribution in [2.75, 3.05) is 26.2 Å². The van der Waals surface area contributed by atoms with Gasteiger partial charge in [0.15, 0.2) is 0 Å². The van der Waals surface area contributed by atoms with E-state index in [0.29, 0.717) is 6.04 Å². The van der Waals surface area contributed by atoms with Crippen molar-refractivity contribution in [3.63, 3.8) is 0 Å². The van der Waals surface area contributed by atoms with Crippen LogP contribution in [0.2, 0.25) is 0 Å². The Morgan fingerprint density at radius 3 is 2.35 bits per heavy atom. The van der Waals surface area contributed by atoms with Crippen LogP contribution in [0.25, 0.3) is 0 Å². The number of halogens is 3. The lowest BCUT2D eigenvalue weighted by molar-refractivity contribution is 0.0854. The quantitative estimate of drug-likeness (QED) is 0.788. The molecule has 1 aromatic rings. The molecule has 0 aromatic carbocycles. The maximum absolute atomic E-state index is 4.38. The molecular formula is C14H24BrCl2N3. The Bertz CT molecular complexity index is 404. The minimum atomic E-state index is 0. The highest BCUT2D eigenvalue weighted by Crippen LogP contribution is 2.40. The summed E-state index contributed by atoms with van der Waals surface area (Å²) in [7, 11) is 0. The predicted octanol–water partition coefficient (Wildman–Crippen LogP) is 3.68. The van der Waals surface area contributed by atoms with Gasteiger partial charge >= 0.3 is 0 Å². The Kier molecular flexibility index (Phi) is 8.60. The second-order valence-corrected chi connectivity index (χ2v) is 6.69. The molecule has 0 unspecified atom stereocenters. The van der Waals surface area contributed by atoms with Gasteiger partial charge in [-0.3, -0.25) is 4.90 Å². The zero-order valence-corrected chi connectivity index (χ0v) is 15.4. The summed E-state index contributed by atoms with van der Waals surface area (Å²) in [5.41, 5.74) is 1.50. The molecule has 2 heterocycles. The van der Waals surface area contributed by atoms with Gasteiger partial charge in [0.25, 0.3) is 0 Å². The number of hydrogen-bond donors (Lipinski definition) is 1. The van der Waals surface area contributed by atoms with Gasteiger partial charge in [-0.1, -0.05) is 26.8 Å². The van der Waals surface area contributed by atoms with Gasteiger partial charge in [-0.2, -0.15) is 0 Å². The first kappa shape index (κ1) is 20.1. The number of aromatic nitrogens is 1. The van der Waals surface area contributed by atoms with Gasteiger partial charge in [0, 0.05) is 44.0 Å². The van der Waals surface area contributed by atoms with Crippen molar-refractivity contribution in [3.8, 4) is 0 Å². The normalized spacial score (nSPS) is 17.8. The fourth-order valence-corrected chi connectivity index (χ4v) is 3.22. The summed E-state index contributed by atoms with van der Waals surface area (Å²) < 4.78 is 0.975. The molecule has 0 aliphatic carbocycles. The summed E-state index contributed by atoms with van der Waals surface area (Å²) in [6.45, 7) is 11.3. The number of rotatable bonds is 2. The topological polar surface area (TPSA) is 28.2 Å². The van der Waals surface area contributed by atoms with E-state index in [-0.39, 0.29) is 30.2 Å². The predicted molar refractivity (Wildman–Crippen MR) is 93.1 cm³/mol. The van der Waals surface area contributed by atoms with Crippen molar-refractivity contribution in [3.05, 3.63) is 28.5 Å². The van der Waals surface area contributed by atoms with Gasteiger partial charge in [-0.15, -0.1) is 24.8 Å². The van der Waals surface area contributed by atoms with Crippen LogP contribution >= 0.6 is 40.7 Å². The van der Waals surface area contributed by atoms with Crippen LogP contribution in [0.15, 0.2) is 22.9 Å². The highest BCUT2D eigenvalue weighted by Gasteiger charge is 2.33. The zero-order chi connectivity index (χ0) is 13.2. The highest BCUT2D eigenvalue weighted by atomic mass is 79.9. The minimum Gasteiger partial charge on any atom is -0.314 e. The molecule has 1 aliphatic heterocycles. The van der Waals surface area contributed by atoms with E-state index in [1.165, 1.54) is 5.56 Å². The first-order chi connectivity index (χ1) is 8.50. The molecule has 1 N–H and O–H groups in total. The lowest BCUT2D eigenvalue weighted by Gasteiger charge is -2.42. The Labute approximate surface area is 142 Å². The molecule has 1 saturated heterocycles. The van der Waals surface area contributed by atoms with Crippen LogP contribution in [0.1, 0.15) is 32.4 Å². The molecule has 2 rings (SSSR count). The van der Waals surface area contributed by atoms with Crippen LogP contribution in [0.5, 0.6) is 0 Å². The highest BCUT2D eigenvalue weighted by molar-refractivity contribution is 9.10. The van der Waals surface area contributed by atoms with Crippen LogP contribution in [0.4, 0.5) is 0 Å². The number of pyridine rings is 1. The number of nitrogens with zero attached hydrogens (tertiary/aromatic N) is 2. The van der Waals surface area contributed by atoms with E-state index >= 15 is 0 Å². The van der Waals surface area contributed by atoms with Crippen molar-refractivity contribution in [2.45, 2.75) is 26.8 Å². The number of hydrogen-bond acceptors (Lipinski definition) is 3. The first-order valence-corrected chi connectivity index (χ1v) is 7.34. The molecular weight excluding hydrogens is 361 g/mol. The minimum absolute atomic E-state index is 0. The van der Waals surface area contributed by atoms with Crippen LogP contribution in [0, 0.1) is 5.41 Å². The van der Waals surface area contributed by atoms with E-state index in [2.05, 4.69) is 58.0 Å². The SMILES string of the molecule is CC(C)(C)[C@@H](c1cccnc1Br)N1CCNCC1.Cl.Cl. The number of nitrogens with one attached hydrogen (secondary N) is 1. The Hall–Kier alpha value is 0.130. The molecule has 1 aliphatic rings. The summed E-state index contributed by atoms with van der Waals surface area (Å²) in [5.74, 6) is 0. The lowest BCUT2D eigenvalue weighted by atomic mass is 9.81. The van der Waals surface area contributed by atoms with Gasteiger partial charge in [-0.05, 0) is 27.4 Å². The van der Waals surface area contributed by atoms with E-state index < -0.39 is 0 Å². The smallest absolute Gasteiger partial charge is 0.110 e. The van der Waals surface area contributed by atoms with Crippen molar-refractivity contribution in [1.82, 2.24) is 15.2 Å². The molecule has 0 saturated carbocycles. The van der Waals surface area contributed by atoms with Crippen molar-refractivity contribution in [2.24, 2.45) is 5.41 Å². The third-order valence-electron chi connectivity index (χ3n) is 3.42. The van der Waals surface area contributed by atoms with Crippen LogP contribution in [0.3, 0.4) is 0 Å². The molecule has 116 valence electrons. The summed E-state index contributed by atoms with van der Waals surface area (Å²) in [4.78, 5) is 6.95. The van der Waals surface area contributed by atoms with Crippen LogP contribution in [-0.4, -0.2) is 36.1 Å². The molecule has 1 aromatic heterocycles. The van der Waals surface area contributed by atoms with Crippen LogP contribution in [-0.2, 0) is 0 Å². The lowest BCUT2D eigenvalue weighted by Crippen LogP contribution is -2.48. The average molecular weight is 385 g/mol. The molecule has 0 spiro atoms. The fraction of sp³-hybridized carbons (Fsp3) is 0.643. The molecule has 1 atom stereocenters. The largest absolute Gasteiger partial charge is 0.314 e. The Morgan fingerprint density at radius 2 is 1.85 bits per heavy atom. The molecule has 1 fully saturated rings. The molecule has 3 nitrogen and oxygen atoms in total. The molecule has 20 heavy (non-hydrogen) atoms. The van der Waals surface area contributed by atoms with E-state index in [1.807, 2.05) is 12.3 Å². The van der Waals surface area contributed by atoms with E-state index in [4.69, 9.17) is 0 Å². The molecule has 0 radical (unpaired) electrons.